The van der Waals surface area contributed by atoms with Gasteiger partial charge in [0.25, 0.3) is 5.91 Å². The Morgan fingerprint density at radius 1 is 1.23 bits per heavy atom. The number of hydrogen-bond acceptors (Lipinski definition) is 2. The molecule has 4 rings (SSSR count). The minimum Gasteiger partial charge on any atom is -0.331 e. The van der Waals surface area contributed by atoms with Crippen LogP contribution >= 0.6 is 0 Å². The molecule has 0 spiro atoms. The molecule has 0 fully saturated rings. The Kier molecular flexibility index (Phi) is 4.29. The van der Waals surface area contributed by atoms with E-state index in [1.54, 1.807) is 22.0 Å². The van der Waals surface area contributed by atoms with E-state index in [2.05, 4.69) is 5.10 Å². The zero-order valence-electron chi connectivity index (χ0n) is 14.6. The van der Waals surface area contributed by atoms with Gasteiger partial charge in [0.1, 0.15) is 5.82 Å². The van der Waals surface area contributed by atoms with Gasteiger partial charge < -0.3 is 4.90 Å². The molecule has 1 aliphatic rings. The van der Waals surface area contributed by atoms with Crippen LogP contribution < -0.4 is 0 Å². The van der Waals surface area contributed by atoms with E-state index in [0.717, 1.165) is 23.1 Å². The van der Waals surface area contributed by atoms with Crippen molar-refractivity contribution in [3.05, 3.63) is 89.0 Å². The molecule has 1 atom stereocenters. The lowest BCUT2D eigenvalue weighted by Gasteiger charge is -2.35. The van der Waals surface area contributed by atoms with Crippen molar-refractivity contribution in [1.29, 1.82) is 0 Å². The molecule has 1 unspecified atom stereocenters. The first-order valence-corrected chi connectivity index (χ1v) is 8.77. The van der Waals surface area contributed by atoms with Gasteiger partial charge in [-0.15, -0.1) is 0 Å². The fourth-order valence-corrected chi connectivity index (χ4v) is 3.56. The fourth-order valence-electron chi connectivity index (χ4n) is 3.56. The lowest BCUT2D eigenvalue weighted by molar-refractivity contribution is 0.0677. The van der Waals surface area contributed by atoms with Gasteiger partial charge in [0.2, 0.25) is 0 Å². The normalized spacial score (nSPS) is 16.4. The summed E-state index contributed by atoms with van der Waals surface area (Å²) in [7, 11) is 0. The highest BCUT2D eigenvalue weighted by Crippen LogP contribution is 2.31. The Morgan fingerprint density at radius 3 is 2.85 bits per heavy atom. The molecule has 3 aromatic rings. The highest BCUT2D eigenvalue weighted by atomic mass is 19.1. The zero-order valence-corrected chi connectivity index (χ0v) is 14.6. The third-order valence-electron chi connectivity index (χ3n) is 4.98. The number of amides is 1. The SMILES string of the molecule is CC1c2cc(F)ccc2CCN1C(=O)c1cnn(Cc2ccccc2)c1. The number of rotatable bonds is 3. The topological polar surface area (TPSA) is 38.1 Å². The maximum absolute atomic E-state index is 13.6. The Hall–Kier alpha value is -2.95. The van der Waals surface area contributed by atoms with Crippen LogP contribution in [0.2, 0.25) is 0 Å². The molecule has 1 aliphatic heterocycles. The number of carbonyl (C=O) groups excluding carboxylic acids is 1. The van der Waals surface area contributed by atoms with Crippen molar-refractivity contribution in [2.75, 3.05) is 6.54 Å². The first-order valence-electron chi connectivity index (χ1n) is 8.77. The summed E-state index contributed by atoms with van der Waals surface area (Å²) in [6.45, 7) is 3.20. The second-order valence-electron chi connectivity index (χ2n) is 6.68. The molecule has 1 aromatic heterocycles. The molecule has 0 N–H and O–H groups in total. The van der Waals surface area contributed by atoms with Crippen LogP contribution in [0.4, 0.5) is 4.39 Å². The van der Waals surface area contributed by atoms with E-state index in [1.165, 1.54) is 12.1 Å². The second-order valence-corrected chi connectivity index (χ2v) is 6.68. The van der Waals surface area contributed by atoms with E-state index >= 15 is 0 Å². The number of benzene rings is 2. The molecule has 0 saturated carbocycles. The third-order valence-corrected chi connectivity index (χ3v) is 4.98. The Bertz CT molecular complexity index is 935. The first-order chi connectivity index (χ1) is 12.6. The highest BCUT2D eigenvalue weighted by molar-refractivity contribution is 5.94. The number of halogens is 1. The summed E-state index contributed by atoms with van der Waals surface area (Å²) in [6, 6.07) is 14.7. The molecule has 132 valence electrons. The van der Waals surface area contributed by atoms with Crippen molar-refractivity contribution in [1.82, 2.24) is 14.7 Å². The largest absolute Gasteiger partial charge is 0.331 e. The zero-order chi connectivity index (χ0) is 18.1. The van der Waals surface area contributed by atoms with Gasteiger partial charge in [0.15, 0.2) is 0 Å². The van der Waals surface area contributed by atoms with Crippen molar-refractivity contribution < 1.29 is 9.18 Å². The van der Waals surface area contributed by atoms with Gasteiger partial charge >= 0.3 is 0 Å². The Morgan fingerprint density at radius 2 is 2.04 bits per heavy atom. The highest BCUT2D eigenvalue weighted by Gasteiger charge is 2.29. The molecule has 5 heteroatoms. The van der Waals surface area contributed by atoms with Gasteiger partial charge in [-0.25, -0.2) is 4.39 Å². The summed E-state index contributed by atoms with van der Waals surface area (Å²) < 4.78 is 15.4. The van der Waals surface area contributed by atoms with Crippen molar-refractivity contribution in [2.45, 2.75) is 25.9 Å². The van der Waals surface area contributed by atoms with E-state index in [-0.39, 0.29) is 17.8 Å². The Labute approximate surface area is 151 Å². The van der Waals surface area contributed by atoms with Crippen LogP contribution in [0.3, 0.4) is 0 Å². The van der Waals surface area contributed by atoms with Crippen LogP contribution in [-0.2, 0) is 13.0 Å². The molecule has 0 radical (unpaired) electrons. The van der Waals surface area contributed by atoms with Crippen LogP contribution in [0, 0.1) is 5.82 Å². The van der Waals surface area contributed by atoms with Crippen LogP contribution in [0.25, 0.3) is 0 Å². The molecule has 0 bridgehead atoms. The van der Waals surface area contributed by atoms with Crippen molar-refractivity contribution in [2.24, 2.45) is 0 Å². The molecule has 1 amide bonds. The smallest absolute Gasteiger partial charge is 0.257 e. The maximum Gasteiger partial charge on any atom is 0.257 e. The van der Waals surface area contributed by atoms with Crippen LogP contribution in [0.1, 0.15) is 40.0 Å². The molecular formula is C21H20FN3O. The minimum absolute atomic E-state index is 0.0632. The molecule has 2 aromatic carbocycles. The van der Waals surface area contributed by atoms with E-state index in [0.29, 0.717) is 18.7 Å². The first kappa shape index (κ1) is 16.5. The summed E-state index contributed by atoms with van der Waals surface area (Å²) in [5, 5.41) is 4.32. The Balaban J connectivity index is 1.53. The van der Waals surface area contributed by atoms with Gasteiger partial charge in [0, 0.05) is 12.7 Å². The van der Waals surface area contributed by atoms with E-state index < -0.39 is 0 Å². The van der Waals surface area contributed by atoms with Crippen molar-refractivity contribution >= 4 is 5.91 Å². The van der Waals surface area contributed by atoms with Gasteiger partial charge in [0.05, 0.1) is 24.3 Å². The van der Waals surface area contributed by atoms with E-state index in [1.807, 2.05) is 43.3 Å². The molecule has 0 aliphatic carbocycles. The summed E-state index contributed by atoms with van der Waals surface area (Å²) in [5.74, 6) is -0.327. The monoisotopic (exact) mass is 349 g/mol. The lowest BCUT2D eigenvalue weighted by Crippen LogP contribution is -2.38. The summed E-state index contributed by atoms with van der Waals surface area (Å²) in [5.41, 5.74) is 3.70. The number of carbonyl (C=O) groups is 1. The average molecular weight is 349 g/mol. The van der Waals surface area contributed by atoms with Crippen molar-refractivity contribution in [3.8, 4) is 0 Å². The molecule has 2 heterocycles. The average Bonchev–Trinajstić information content (AvgIpc) is 3.11. The molecule has 0 saturated heterocycles. The van der Waals surface area contributed by atoms with Gasteiger partial charge in [-0.05, 0) is 42.2 Å². The van der Waals surface area contributed by atoms with Gasteiger partial charge in [-0.1, -0.05) is 36.4 Å². The third kappa shape index (κ3) is 3.12. The number of nitrogens with zero attached hydrogens (tertiary/aromatic N) is 3. The van der Waals surface area contributed by atoms with Crippen LogP contribution in [0.15, 0.2) is 60.9 Å². The predicted molar refractivity (Wildman–Crippen MR) is 97.3 cm³/mol. The minimum atomic E-state index is -0.263. The van der Waals surface area contributed by atoms with Crippen molar-refractivity contribution in [3.63, 3.8) is 0 Å². The molecule has 4 nitrogen and oxygen atoms in total. The predicted octanol–water partition coefficient (Wildman–Crippen LogP) is 3.83. The second kappa shape index (κ2) is 6.75. The van der Waals surface area contributed by atoms with E-state index in [4.69, 9.17) is 0 Å². The quantitative estimate of drug-likeness (QED) is 0.721. The van der Waals surface area contributed by atoms with E-state index in [9.17, 15) is 9.18 Å². The van der Waals surface area contributed by atoms with Gasteiger partial charge in [-0.2, -0.15) is 5.10 Å². The number of fused-ring (bicyclic) bond motifs is 1. The molecule has 26 heavy (non-hydrogen) atoms. The summed E-state index contributed by atoms with van der Waals surface area (Å²) >= 11 is 0. The summed E-state index contributed by atoms with van der Waals surface area (Å²) in [6.07, 6.45) is 4.13. The molecular weight excluding hydrogens is 329 g/mol. The van der Waals surface area contributed by atoms with Gasteiger partial charge in [-0.3, -0.25) is 9.48 Å². The maximum atomic E-state index is 13.6. The fraction of sp³-hybridized carbons (Fsp3) is 0.238. The standard InChI is InChI=1S/C21H20FN3O/c1-15-20-11-19(22)8-7-17(20)9-10-25(15)21(26)18-12-23-24(14-18)13-16-5-3-2-4-6-16/h2-8,11-12,14-15H,9-10,13H2,1H3. The van der Waals surface area contributed by atoms with Crippen LogP contribution in [-0.4, -0.2) is 27.1 Å². The van der Waals surface area contributed by atoms with Crippen LogP contribution in [0.5, 0.6) is 0 Å². The summed E-state index contributed by atoms with van der Waals surface area (Å²) in [4.78, 5) is 14.7. The lowest BCUT2D eigenvalue weighted by atomic mass is 9.93. The number of hydrogen-bond donors (Lipinski definition) is 0. The number of aromatic nitrogens is 2.